The molecule has 1 saturated heterocycles. The number of ether oxygens (including phenoxy) is 1. The van der Waals surface area contributed by atoms with Crippen molar-refractivity contribution in [1.29, 1.82) is 0 Å². The summed E-state index contributed by atoms with van der Waals surface area (Å²) in [7, 11) is 0. The van der Waals surface area contributed by atoms with Gasteiger partial charge in [0.05, 0.1) is 6.54 Å². The molecule has 7 heteroatoms. The molecule has 6 nitrogen and oxygen atoms in total. The van der Waals surface area contributed by atoms with Crippen LogP contribution in [0.4, 0.5) is 0 Å². The Bertz CT molecular complexity index is 543. The van der Waals surface area contributed by atoms with E-state index in [4.69, 9.17) is 16.2 Å². The first-order valence-corrected chi connectivity index (χ1v) is 7.59. The summed E-state index contributed by atoms with van der Waals surface area (Å²) in [4.78, 5) is 17.3. The van der Waals surface area contributed by atoms with Crippen molar-refractivity contribution in [3.05, 3.63) is 29.8 Å². The Labute approximate surface area is 154 Å². The molecule has 2 rings (SSSR count). The molecule has 0 saturated carbocycles. The number of guanidine groups is 1. The summed E-state index contributed by atoms with van der Waals surface area (Å²) >= 11 is 0. The van der Waals surface area contributed by atoms with Crippen LogP contribution in [0.15, 0.2) is 29.3 Å². The summed E-state index contributed by atoms with van der Waals surface area (Å²) in [6.07, 6.45) is 2.32. The molecule has 1 amide bonds. The number of halogens is 1. The Balaban J connectivity index is 0.00000264. The highest BCUT2D eigenvalue weighted by Gasteiger charge is 2.16. The van der Waals surface area contributed by atoms with Crippen molar-refractivity contribution in [2.24, 2.45) is 22.4 Å². The number of nitrogens with two attached hydrogens (primary N) is 2. The van der Waals surface area contributed by atoms with E-state index in [0.717, 1.165) is 37.4 Å². The highest BCUT2D eigenvalue weighted by Crippen LogP contribution is 2.16. The van der Waals surface area contributed by atoms with Crippen LogP contribution >= 0.6 is 24.0 Å². The van der Waals surface area contributed by atoms with Gasteiger partial charge in [0.1, 0.15) is 5.75 Å². The quantitative estimate of drug-likeness (QED) is 0.421. The van der Waals surface area contributed by atoms with E-state index in [-0.39, 0.29) is 30.6 Å². The molecule has 128 valence electrons. The van der Waals surface area contributed by atoms with Crippen molar-refractivity contribution in [1.82, 2.24) is 4.90 Å². The highest BCUT2D eigenvalue weighted by atomic mass is 127. The maximum absolute atomic E-state index is 10.7. The van der Waals surface area contributed by atoms with Crippen molar-refractivity contribution < 1.29 is 9.53 Å². The van der Waals surface area contributed by atoms with Crippen LogP contribution in [0.5, 0.6) is 5.75 Å². The van der Waals surface area contributed by atoms with Gasteiger partial charge in [-0.05, 0) is 36.5 Å². The lowest BCUT2D eigenvalue weighted by molar-refractivity contribution is -0.119. The maximum atomic E-state index is 10.7. The SMILES string of the molecule is CC1CCN(C(N)=NCc2cccc(OCC(N)=O)c2)CC1.I. The average Bonchev–Trinajstić information content (AvgIpc) is 2.52. The minimum atomic E-state index is -0.494. The zero-order valence-corrected chi connectivity index (χ0v) is 15.7. The van der Waals surface area contributed by atoms with Gasteiger partial charge in [0, 0.05) is 13.1 Å². The van der Waals surface area contributed by atoms with Crippen molar-refractivity contribution >= 4 is 35.8 Å². The molecular formula is C16H25IN4O2. The molecule has 1 fully saturated rings. The second kappa shape index (κ2) is 9.59. The van der Waals surface area contributed by atoms with Crippen LogP contribution in [0, 0.1) is 5.92 Å². The number of hydrogen-bond acceptors (Lipinski definition) is 3. The fourth-order valence-corrected chi connectivity index (χ4v) is 2.40. The van der Waals surface area contributed by atoms with E-state index >= 15 is 0 Å². The fraction of sp³-hybridized carbons (Fsp3) is 0.500. The van der Waals surface area contributed by atoms with Gasteiger partial charge in [-0.3, -0.25) is 4.79 Å². The van der Waals surface area contributed by atoms with Crippen LogP contribution < -0.4 is 16.2 Å². The summed E-state index contributed by atoms with van der Waals surface area (Å²) in [6.45, 7) is 4.57. The first-order valence-electron chi connectivity index (χ1n) is 7.59. The first-order chi connectivity index (χ1) is 10.5. The Hall–Kier alpha value is -1.51. The standard InChI is InChI=1S/C16H24N4O2.HI/c1-12-5-7-20(8-6-12)16(18)19-10-13-3-2-4-14(9-13)22-11-15(17)21;/h2-4,9,12H,5-8,10-11H2,1H3,(H2,17,21)(H2,18,19);1H. The van der Waals surface area contributed by atoms with Crippen LogP contribution in [0.1, 0.15) is 25.3 Å². The van der Waals surface area contributed by atoms with Gasteiger partial charge >= 0.3 is 0 Å². The second-order valence-electron chi connectivity index (χ2n) is 5.75. The molecule has 1 aliphatic heterocycles. The van der Waals surface area contributed by atoms with E-state index in [2.05, 4.69) is 16.8 Å². The number of hydrogen-bond donors (Lipinski definition) is 2. The number of aliphatic imine (C=N–C) groups is 1. The molecule has 23 heavy (non-hydrogen) atoms. The van der Waals surface area contributed by atoms with E-state index in [9.17, 15) is 4.79 Å². The van der Waals surface area contributed by atoms with Crippen LogP contribution in [0.2, 0.25) is 0 Å². The van der Waals surface area contributed by atoms with Gasteiger partial charge in [-0.2, -0.15) is 0 Å². The first kappa shape index (κ1) is 19.5. The smallest absolute Gasteiger partial charge is 0.255 e. The second-order valence-corrected chi connectivity index (χ2v) is 5.75. The topological polar surface area (TPSA) is 93.9 Å². The minimum Gasteiger partial charge on any atom is -0.484 e. The maximum Gasteiger partial charge on any atom is 0.255 e. The monoisotopic (exact) mass is 432 g/mol. The molecule has 0 unspecified atom stereocenters. The van der Waals surface area contributed by atoms with Gasteiger partial charge in [0.2, 0.25) is 0 Å². The number of carbonyl (C=O) groups excluding carboxylic acids is 1. The Morgan fingerprint density at radius 3 is 2.70 bits per heavy atom. The largest absolute Gasteiger partial charge is 0.484 e. The van der Waals surface area contributed by atoms with E-state index in [0.29, 0.717) is 18.3 Å². The molecule has 0 radical (unpaired) electrons. The Kier molecular flexibility index (Phi) is 8.15. The van der Waals surface area contributed by atoms with Gasteiger partial charge < -0.3 is 21.1 Å². The third-order valence-corrected chi connectivity index (χ3v) is 3.81. The summed E-state index contributed by atoms with van der Waals surface area (Å²) in [5.74, 6) is 1.47. The Morgan fingerprint density at radius 2 is 2.04 bits per heavy atom. The lowest BCUT2D eigenvalue weighted by Gasteiger charge is -2.31. The molecule has 1 heterocycles. The molecule has 0 bridgehead atoms. The van der Waals surface area contributed by atoms with Gasteiger partial charge in [0.25, 0.3) is 5.91 Å². The van der Waals surface area contributed by atoms with E-state index in [1.807, 2.05) is 18.2 Å². The number of piperidine rings is 1. The zero-order chi connectivity index (χ0) is 15.9. The fourth-order valence-electron chi connectivity index (χ4n) is 2.40. The number of amides is 1. The number of nitrogens with zero attached hydrogens (tertiary/aromatic N) is 2. The van der Waals surface area contributed by atoms with Crippen molar-refractivity contribution in [3.8, 4) is 5.75 Å². The molecular weight excluding hydrogens is 407 g/mol. The predicted octanol–water partition coefficient (Wildman–Crippen LogP) is 1.72. The molecule has 4 N–H and O–H groups in total. The summed E-state index contributed by atoms with van der Waals surface area (Å²) in [6, 6.07) is 7.44. The van der Waals surface area contributed by atoms with Crippen molar-refractivity contribution in [3.63, 3.8) is 0 Å². The lowest BCUT2D eigenvalue weighted by Crippen LogP contribution is -2.42. The summed E-state index contributed by atoms with van der Waals surface area (Å²) in [5.41, 5.74) is 12.1. The van der Waals surface area contributed by atoms with E-state index in [1.165, 1.54) is 0 Å². The number of primary amides is 1. The van der Waals surface area contributed by atoms with Gasteiger partial charge in [-0.1, -0.05) is 19.1 Å². The van der Waals surface area contributed by atoms with Gasteiger partial charge in [-0.15, -0.1) is 24.0 Å². The van der Waals surface area contributed by atoms with Crippen LogP contribution in [0.3, 0.4) is 0 Å². The molecule has 0 atom stereocenters. The number of rotatable bonds is 5. The molecule has 1 aromatic rings. The Morgan fingerprint density at radius 1 is 1.35 bits per heavy atom. The lowest BCUT2D eigenvalue weighted by atomic mass is 10.00. The van der Waals surface area contributed by atoms with Gasteiger partial charge in [-0.25, -0.2) is 4.99 Å². The van der Waals surface area contributed by atoms with E-state index < -0.39 is 5.91 Å². The van der Waals surface area contributed by atoms with Crippen LogP contribution in [-0.4, -0.2) is 36.5 Å². The van der Waals surface area contributed by atoms with E-state index in [1.54, 1.807) is 6.07 Å². The summed E-state index contributed by atoms with van der Waals surface area (Å²) in [5, 5.41) is 0. The molecule has 1 aliphatic rings. The number of likely N-dealkylation sites (tertiary alicyclic amines) is 1. The van der Waals surface area contributed by atoms with Crippen LogP contribution in [0.25, 0.3) is 0 Å². The van der Waals surface area contributed by atoms with Crippen LogP contribution in [-0.2, 0) is 11.3 Å². The highest BCUT2D eigenvalue weighted by molar-refractivity contribution is 14.0. The number of carbonyl (C=O) groups is 1. The normalized spacial score (nSPS) is 15.9. The molecule has 0 spiro atoms. The third-order valence-electron chi connectivity index (χ3n) is 3.81. The van der Waals surface area contributed by atoms with Gasteiger partial charge in [0.15, 0.2) is 12.6 Å². The molecule has 1 aromatic carbocycles. The minimum absolute atomic E-state index is 0. The molecule has 0 aliphatic carbocycles. The average molecular weight is 432 g/mol. The predicted molar refractivity (Wildman–Crippen MR) is 102 cm³/mol. The third kappa shape index (κ3) is 6.64. The van der Waals surface area contributed by atoms with Crippen molar-refractivity contribution in [2.45, 2.75) is 26.3 Å². The zero-order valence-electron chi connectivity index (χ0n) is 13.4. The van der Waals surface area contributed by atoms with Crippen molar-refractivity contribution in [2.75, 3.05) is 19.7 Å². The number of benzene rings is 1. The molecule has 0 aromatic heterocycles. The summed E-state index contributed by atoms with van der Waals surface area (Å²) < 4.78 is 5.28.